The molecule has 2 aromatic carbocycles. The lowest BCUT2D eigenvalue weighted by Gasteiger charge is -2.13. The lowest BCUT2D eigenvalue weighted by Crippen LogP contribution is -1.99. The molecule has 0 spiro atoms. The molecule has 0 aliphatic heterocycles. The molecule has 24 heavy (non-hydrogen) atoms. The van der Waals surface area contributed by atoms with Gasteiger partial charge in [-0.05, 0) is 66.0 Å². The largest absolute Gasteiger partial charge is 0.490 e. The van der Waals surface area contributed by atoms with E-state index in [2.05, 4.69) is 22.0 Å². The van der Waals surface area contributed by atoms with Gasteiger partial charge in [0.15, 0.2) is 11.5 Å². The van der Waals surface area contributed by atoms with Gasteiger partial charge in [-0.3, -0.25) is 0 Å². The number of hydrogen-bond donors (Lipinski definition) is 0. The zero-order valence-corrected chi connectivity index (χ0v) is 15.7. The van der Waals surface area contributed by atoms with Crippen LogP contribution in [-0.2, 0) is 0 Å². The minimum absolute atomic E-state index is 0.544. The van der Waals surface area contributed by atoms with E-state index >= 15 is 0 Å². The molecule has 0 saturated heterocycles. The van der Waals surface area contributed by atoms with E-state index in [1.165, 1.54) is 5.56 Å². The van der Waals surface area contributed by atoms with E-state index in [0.717, 1.165) is 15.6 Å². The molecule has 0 radical (unpaired) electrons. The lowest BCUT2D eigenvalue weighted by atomic mass is 10.0. The predicted octanol–water partition coefficient (Wildman–Crippen LogP) is 5.62. The summed E-state index contributed by atoms with van der Waals surface area (Å²) in [7, 11) is 0. The van der Waals surface area contributed by atoms with Crippen LogP contribution in [0.25, 0.3) is 11.6 Å². The second-order valence-electron chi connectivity index (χ2n) is 5.23. The van der Waals surface area contributed by atoms with Crippen LogP contribution in [0.5, 0.6) is 11.5 Å². The molecule has 0 aliphatic rings. The Hall–Kier alpha value is -2.25. The second kappa shape index (κ2) is 8.56. The van der Waals surface area contributed by atoms with E-state index in [9.17, 15) is 5.26 Å². The molecule has 0 amide bonds. The van der Waals surface area contributed by atoms with E-state index in [0.29, 0.717) is 30.3 Å². The van der Waals surface area contributed by atoms with Crippen LogP contribution in [0.15, 0.2) is 40.9 Å². The summed E-state index contributed by atoms with van der Waals surface area (Å²) >= 11 is 3.53. The van der Waals surface area contributed by atoms with E-state index in [1.54, 1.807) is 0 Å². The molecule has 0 aromatic heterocycles. The molecule has 2 rings (SSSR count). The molecule has 124 valence electrons. The van der Waals surface area contributed by atoms with Gasteiger partial charge in [0, 0.05) is 0 Å². The van der Waals surface area contributed by atoms with Crippen LogP contribution in [0.1, 0.15) is 30.5 Å². The van der Waals surface area contributed by atoms with Crippen molar-refractivity contribution in [2.45, 2.75) is 20.8 Å². The van der Waals surface area contributed by atoms with Gasteiger partial charge < -0.3 is 9.47 Å². The van der Waals surface area contributed by atoms with Crippen LogP contribution in [-0.4, -0.2) is 13.2 Å². The van der Waals surface area contributed by atoms with Gasteiger partial charge in [-0.2, -0.15) is 5.26 Å². The van der Waals surface area contributed by atoms with Crippen molar-refractivity contribution >= 4 is 27.6 Å². The van der Waals surface area contributed by atoms with Crippen molar-refractivity contribution in [2.75, 3.05) is 13.2 Å². The van der Waals surface area contributed by atoms with Gasteiger partial charge >= 0.3 is 0 Å². The first-order valence-electron chi connectivity index (χ1n) is 7.87. The number of aryl methyl sites for hydroxylation is 1. The zero-order chi connectivity index (χ0) is 17.5. The van der Waals surface area contributed by atoms with Crippen LogP contribution < -0.4 is 9.47 Å². The van der Waals surface area contributed by atoms with Crippen LogP contribution in [0, 0.1) is 18.3 Å². The minimum atomic E-state index is 0.544. The Morgan fingerprint density at radius 1 is 1.12 bits per heavy atom. The third kappa shape index (κ3) is 4.39. The zero-order valence-electron chi connectivity index (χ0n) is 14.1. The maximum absolute atomic E-state index is 9.50. The van der Waals surface area contributed by atoms with Crippen molar-refractivity contribution in [1.29, 1.82) is 5.26 Å². The van der Waals surface area contributed by atoms with Gasteiger partial charge in [0.05, 0.1) is 29.3 Å². The molecule has 0 bridgehead atoms. The maximum atomic E-state index is 9.50. The summed E-state index contributed by atoms with van der Waals surface area (Å²) in [6.07, 6.45) is 1.85. The van der Waals surface area contributed by atoms with Gasteiger partial charge in [0.1, 0.15) is 0 Å². The van der Waals surface area contributed by atoms with Crippen molar-refractivity contribution in [3.8, 4) is 17.6 Å². The number of allylic oxidation sites excluding steroid dienone is 1. The summed E-state index contributed by atoms with van der Waals surface area (Å²) in [4.78, 5) is 0. The van der Waals surface area contributed by atoms with Crippen LogP contribution >= 0.6 is 15.9 Å². The SMILES string of the molecule is CCOc1cc(/C=C(\C#N)c2ccc(C)cc2)cc(Br)c1OCC. The first-order valence-corrected chi connectivity index (χ1v) is 8.66. The average Bonchev–Trinajstić information content (AvgIpc) is 2.57. The first-order chi connectivity index (χ1) is 11.6. The third-order valence-corrected chi connectivity index (χ3v) is 4.00. The van der Waals surface area contributed by atoms with Crippen LogP contribution in [0.2, 0.25) is 0 Å². The Kier molecular flexibility index (Phi) is 6.45. The van der Waals surface area contributed by atoms with Crippen molar-refractivity contribution < 1.29 is 9.47 Å². The number of benzene rings is 2. The fraction of sp³-hybridized carbons (Fsp3) is 0.250. The highest BCUT2D eigenvalue weighted by atomic mass is 79.9. The molecule has 2 aromatic rings. The number of nitrogens with zero attached hydrogens (tertiary/aromatic N) is 1. The van der Waals surface area contributed by atoms with Gasteiger partial charge in [-0.15, -0.1) is 0 Å². The highest BCUT2D eigenvalue weighted by Crippen LogP contribution is 2.37. The molecule has 0 fully saturated rings. The molecule has 0 atom stereocenters. The molecular formula is C20H20BrNO2. The van der Waals surface area contributed by atoms with Gasteiger partial charge in [0.2, 0.25) is 0 Å². The quantitative estimate of drug-likeness (QED) is 0.478. The lowest BCUT2D eigenvalue weighted by molar-refractivity contribution is 0.286. The number of rotatable bonds is 6. The summed E-state index contributed by atoms with van der Waals surface area (Å²) in [6.45, 7) is 6.99. The molecule has 0 heterocycles. The molecule has 4 heteroatoms. The predicted molar refractivity (Wildman–Crippen MR) is 101 cm³/mol. The number of ether oxygens (including phenoxy) is 2. The Morgan fingerprint density at radius 2 is 1.79 bits per heavy atom. The van der Waals surface area contributed by atoms with Gasteiger partial charge in [-0.25, -0.2) is 0 Å². The van der Waals surface area contributed by atoms with E-state index < -0.39 is 0 Å². The topological polar surface area (TPSA) is 42.2 Å². The summed E-state index contributed by atoms with van der Waals surface area (Å²) < 4.78 is 12.1. The number of nitriles is 1. The minimum Gasteiger partial charge on any atom is -0.490 e. The van der Waals surface area contributed by atoms with E-state index in [-0.39, 0.29) is 0 Å². The first kappa shape index (κ1) is 18.1. The highest BCUT2D eigenvalue weighted by Gasteiger charge is 2.12. The van der Waals surface area contributed by atoms with E-state index in [1.807, 2.05) is 63.2 Å². The smallest absolute Gasteiger partial charge is 0.175 e. The summed E-state index contributed by atoms with van der Waals surface area (Å²) in [6, 6.07) is 14.0. The van der Waals surface area contributed by atoms with Crippen LogP contribution in [0.3, 0.4) is 0 Å². The fourth-order valence-electron chi connectivity index (χ4n) is 2.30. The molecule has 0 saturated carbocycles. The Bertz CT molecular complexity index is 773. The van der Waals surface area contributed by atoms with Crippen LogP contribution in [0.4, 0.5) is 0 Å². The standard InChI is InChI=1S/C20H20BrNO2/c1-4-23-19-12-15(11-18(21)20(19)24-5-2)10-17(13-22)16-8-6-14(3)7-9-16/h6-12H,4-5H2,1-3H3/b17-10+. The molecular weight excluding hydrogens is 366 g/mol. The van der Waals surface area contributed by atoms with Crippen molar-refractivity contribution in [3.05, 3.63) is 57.6 Å². The second-order valence-corrected chi connectivity index (χ2v) is 6.09. The van der Waals surface area contributed by atoms with Gasteiger partial charge in [0.25, 0.3) is 0 Å². The van der Waals surface area contributed by atoms with Crippen molar-refractivity contribution in [2.24, 2.45) is 0 Å². The summed E-state index contributed by atoms with van der Waals surface area (Å²) in [5.41, 5.74) is 3.55. The Labute approximate surface area is 151 Å². The van der Waals surface area contributed by atoms with E-state index in [4.69, 9.17) is 9.47 Å². The normalized spacial score (nSPS) is 11.0. The highest BCUT2D eigenvalue weighted by molar-refractivity contribution is 9.10. The third-order valence-electron chi connectivity index (χ3n) is 3.41. The average molecular weight is 386 g/mol. The molecule has 3 nitrogen and oxygen atoms in total. The Balaban J connectivity index is 2.46. The van der Waals surface area contributed by atoms with Crippen molar-refractivity contribution in [3.63, 3.8) is 0 Å². The van der Waals surface area contributed by atoms with Crippen molar-refractivity contribution in [1.82, 2.24) is 0 Å². The maximum Gasteiger partial charge on any atom is 0.175 e. The summed E-state index contributed by atoms with van der Waals surface area (Å²) in [5, 5.41) is 9.50. The summed E-state index contributed by atoms with van der Waals surface area (Å²) in [5.74, 6) is 1.35. The molecule has 0 aliphatic carbocycles. The van der Waals surface area contributed by atoms with Gasteiger partial charge in [-0.1, -0.05) is 29.8 Å². The number of halogens is 1. The molecule has 0 N–H and O–H groups in total. The monoisotopic (exact) mass is 385 g/mol. The fourth-order valence-corrected chi connectivity index (χ4v) is 2.87. The molecule has 0 unspecified atom stereocenters. The number of hydrogen-bond acceptors (Lipinski definition) is 3. The Morgan fingerprint density at radius 3 is 2.38 bits per heavy atom.